The van der Waals surface area contributed by atoms with Gasteiger partial charge in [0.2, 0.25) is 0 Å². The van der Waals surface area contributed by atoms with E-state index in [0.717, 1.165) is 116 Å². The third-order valence-electron chi connectivity index (χ3n) is 11.8. The van der Waals surface area contributed by atoms with Gasteiger partial charge in [0.15, 0.2) is 24.6 Å². The average Bonchev–Trinajstić information content (AvgIpc) is 3.37. The summed E-state index contributed by atoms with van der Waals surface area (Å²) >= 11 is 0. The minimum absolute atomic E-state index is 0.0196. The van der Waals surface area contributed by atoms with E-state index in [-0.39, 0.29) is 25.9 Å². The summed E-state index contributed by atoms with van der Waals surface area (Å²) in [5.74, 6) is -3.29. The first-order valence-electron chi connectivity index (χ1n) is 27.9. The highest BCUT2D eigenvalue weighted by Gasteiger charge is 2.50. The molecular formula is C61H96O12. The zero-order valence-electron chi connectivity index (χ0n) is 45.1. The first kappa shape index (κ1) is 66.4. The van der Waals surface area contributed by atoms with E-state index >= 15 is 0 Å². The van der Waals surface area contributed by atoms with Crippen molar-refractivity contribution >= 4 is 23.9 Å². The number of aliphatic hydroxyl groups is 2. The van der Waals surface area contributed by atoms with Gasteiger partial charge in [0.25, 0.3) is 0 Å². The summed E-state index contributed by atoms with van der Waals surface area (Å²) < 4.78 is 28.2. The number of carbonyl (C=O) groups excluding carboxylic acids is 3. The second-order valence-electron chi connectivity index (χ2n) is 18.4. The molecule has 0 aromatic rings. The Kier molecular flexibility index (Phi) is 44.0. The molecule has 1 fully saturated rings. The lowest BCUT2D eigenvalue weighted by Gasteiger charge is -2.40. The molecule has 0 aromatic heterocycles. The number of hydrogen-bond donors (Lipinski definition) is 3. The van der Waals surface area contributed by atoms with Gasteiger partial charge < -0.3 is 39.0 Å². The predicted molar refractivity (Wildman–Crippen MR) is 294 cm³/mol. The van der Waals surface area contributed by atoms with Crippen LogP contribution >= 0.6 is 0 Å². The molecule has 1 rings (SSSR count). The quantitative estimate of drug-likeness (QED) is 0.0228. The zero-order valence-corrected chi connectivity index (χ0v) is 45.1. The van der Waals surface area contributed by atoms with Gasteiger partial charge in [-0.1, -0.05) is 182 Å². The number of aliphatic carboxylic acids is 1. The summed E-state index contributed by atoms with van der Waals surface area (Å²) in [5, 5.41) is 31.4. The summed E-state index contributed by atoms with van der Waals surface area (Å²) in [5.41, 5.74) is 0. The van der Waals surface area contributed by atoms with Crippen LogP contribution in [0.15, 0.2) is 109 Å². The second kappa shape index (κ2) is 48.3. The Morgan fingerprint density at radius 3 is 1.38 bits per heavy atom. The van der Waals surface area contributed by atoms with E-state index in [1.807, 2.05) is 12.2 Å². The van der Waals surface area contributed by atoms with Crippen LogP contribution in [0.2, 0.25) is 0 Å². The molecule has 0 radical (unpaired) electrons. The molecule has 1 saturated heterocycles. The predicted octanol–water partition coefficient (Wildman–Crippen LogP) is 13.9. The van der Waals surface area contributed by atoms with Crippen molar-refractivity contribution in [3.8, 4) is 0 Å². The van der Waals surface area contributed by atoms with Crippen molar-refractivity contribution in [3.05, 3.63) is 109 Å². The lowest BCUT2D eigenvalue weighted by atomic mass is 9.98. The van der Waals surface area contributed by atoms with Crippen molar-refractivity contribution in [1.82, 2.24) is 0 Å². The normalized spacial score (nSPS) is 19.2. The maximum atomic E-state index is 13.1. The van der Waals surface area contributed by atoms with Gasteiger partial charge in [-0.15, -0.1) is 0 Å². The van der Waals surface area contributed by atoms with Crippen LogP contribution in [0.25, 0.3) is 0 Å². The molecule has 12 nitrogen and oxygen atoms in total. The van der Waals surface area contributed by atoms with Gasteiger partial charge in [-0.25, -0.2) is 4.79 Å². The number of esters is 3. The molecule has 0 aromatic carbocycles. The monoisotopic (exact) mass is 1020 g/mol. The van der Waals surface area contributed by atoms with Gasteiger partial charge in [-0.3, -0.25) is 14.4 Å². The summed E-state index contributed by atoms with van der Waals surface area (Å²) in [6, 6.07) is 0. The molecule has 3 N–H and O–H groups in total. The van der Waals surface area contributed by atoms with E-state index in [1.54, 1.807) is 0 Å². The summed E-state index contributed by atoms with van der Waals surface area (Å²) in [6.07, 6.45) is 52.2. The van der Waals surface area contributed by atoms with E-state index < -0.39 is 67.3 Å². The fraction of sp³-hybridized carbons (Fsp3) is 0.639. The molecule has 0 bridgehead atoms. The molecule has 1 heterocycles. The summed E-state index contributed by atoms with van der Waals surface area (Å²) in [6.45, 7) is 5.64. The Morgan fingerprint density at radius 1 is 0.466 bits per heavy atom. The highest BCUT2D eigenvalue weighted by molar-refractivity contribution is 5.74. The molecule has 1 aliphatic heterocycles. The standard InChI is InChI=1S/C61H96O12/c1-4-7-10-13-16-19-22-25-26-27-28-31-34-37-40-43-46-49-55(64)72-59-57(66)56(65)58(60(67)68)73-61(59)70-51-52(71-54(63)48-45-42-39-36-33-30-24-21-18-15-12-9-6-3)50-69-53(62)47-44-41-38-35-32-29-23-20-17-14-11-8-5-2/h7-8,10-11,16-17,19-21,24-26,28-29,31-32,38,41,52,56-59,61,65-66H,4-6,9,12-15,18,22-23,27,30,33-37,39-40,42-51H2,1-3H3,(H,67,68)/b10-7-,11-8-,19-16-,20-17-,24-21-,26-25-,31-28-,32-29-,41-38-. The molecule has 73 heavy (non-hydrogen) atoms. The second-order valence-corrected chi connectivity index (χ2v) is 18.4. The highest BCUT2D eigenvalue weighted by Crippen LogP contribution is 2.26. The molecule has 0 saturated carbocycles. The van der Waals surface area contributed by atoms with Gasteiger partial charge >= 0.3 is 23.9 Å². The van der Waals surface area contributed by atoms with Crippen molar-refractivity contribution in [3.63, 3.8) is 0 Å². The molecular weight excluding hydrogens is 925 g/mol. The molecule has 6 unspecified atom stereocenters. The van der Waals surface area contributed by atoms with Crippen LogP contribution in [-0.2, 0) is 42.9 Å². The van der Waals surface area contributed by atoms with Crippen LogP contribution in [0, 0.1) is 0 Å². The van der Waals surface area contributed by atoms with Gasteiger partial charge in [0.1, 0.15) is 18.8 Å². The average molecular weight is 1020 g/mol. The Bertz CT molecular complexity index is 1690. The highest BCUT2D eigenvalue weighted by atomic mass is 16.7. The largest absolute Gasteiger partial charge is 0.479 e. The zero-order chi connectivity index (χ0) is 53.3. The van der Waals surface area contributed by atoms with Gasteiger partial charge in [-0.05, 0) is 109 Å². The van der Waals surface area contributed by atoms with Gasteiger partial charge in [-0.2, -0.15) is 0 Å². The topological polar surface area (TPSA) is 175 Å². The minimum atomic E-state index is -1.93. The number of aliphatic hydroxyl groups excluding tert-OH is 2. The molecule has 0 aliphatic carbocycles. The summed E-state index contributed by atoms with van der Waals surface area (Å²) in [4.78, 5) is 50.9. The first-order valence-corrected chi connectivity index (χ1v) is 27.9. The van der Waals surface area contributed by atoms with Crippen LogP contribution in [-0.4, -0.2) is 89.2 Å². The van der Waals surface area contributed by atoms with Crippen molar-refractivity contribution < 1.29 is 58.2 Å². The number of carbonyl (C=O) groups is 4. The molecule has 412 valence electrons. The Balaban J connectivity index is 2.77. The van der Waals surface area contributed by atoms with Crippen LogP contribution in [0.4, 0.5) is 0 Å². The smallest absolute Gasteiger partial charge is 0.335 e. The number of ether oxygens (including phenoxy) is 5. The lowest BCUT2D eigenvalue weighted by molar-refractivity contribution is -0.301. The molecule has 0 amide bonds. The Hall–Kier alpha value is -4.62. The van der Waals surface area contributed by atoms with E-state index in [2.05, 4.69) is 118 Å². The van der Waals surface area contributed by atoms with Crippen molar-refractivity contribution in [2.45, 2.75) is 237 Å². The SMILES string of the molecule is CC/C=C\C/C=C\C/C=C\C/C=C\CCCCCCC(=O)OC1C(OCC(COC(=O)CC/C=C\C/C=C\C/C=C\C/C=C\CC)OC(=O)CCCCCCC/C=C\CCCCCC)OC(C(=O)O)C(O)C1O. The Labute approximate surface area is 440 Å². The third kappa shape index (κ3) is 38.6. The maximum Gasteiger partial charge on any atom is 0.335 e. The molecule has 12 heteroatoms. The number of carboxylic acid groups (broad SMARTS) is 1. The molecule has 0 spiro atoms. The van der Waals surface area contributed by atoms with Gasteiger partial charge in [0, 0.05) is 19.3 Å². The number of hydrogen-bond acceptors (Lipinski definition) is 11. The van der Waals surface area contributed by atoms with Gasteiger partial charge in [0.05, 0.1) is 6.61 Å². The number of carboxylic acids is 1. The number of rotatable bonds is 45. The fourth-order valence-corrected chi connectivity index (χ4v) is 7.60. The van der Waals surface area contributed by atoms with Crippen LogP contribution in [0.3, 0.4) is 0 Å². The van der Waals surface area contributed by atoms with E-state index in [0.29, 0.717) is 19.3 Å². The maximum absolute atomic E-state index is 13.1. The first-order chi connectivity index (χ1) is 35.6. The van der Waals surface area contributed by atoms with Crippen molar-refractivity contribution in [2.75, 3.05) is 13.2 Å². The number of unbranched alkanes of at least 4 members (excludes halogenated alkanes) is 13. The van der Waals surface area contributed by atoms with Crippen LogP contribution < -0.4 is 0 Å². The third-order valence-corrected chi connectivity index (χ3v) is 11.8. The number of allylic oxidation sites excluding steroid dienone is 18. The van der Waals surface area contributed by atoms with E-state index in [1.165, 1.54) is 25.7 Å². The van der Waals surface area contributed by atoms with E-state index in [9.17, 15) is 34.5 Å². The lowest BCUT2D eigenvalue weighted by Crippen LogP contribution is -2.61. The Morgan fingerprint density at radius 2 is 0.890 bits per heavy atom. The minimum Gasteiger partial charge on any atom is -0.479 e. The van der Waals surface area contributed by atoms with Crippen LogP contribution in [0.5, 0.6) is 0 Å². The van der Waals surface area contributed by atoms with Crippen molar-refractivity contribution in [1.29, 1.82) is 0 Å². The molecule has 6 atom stereocenters. The van der Waals surface area contributed by atoms with Crippen molar-refractivity contribution in [2.24, 2.45) is 0 Å². The fourth-order valence-electron chi connectivity index (χ4n) is 7.60. The summed E-state index contributed by atoms with van der Waals surface area (Å²) in [7, 11) is 0. The molecule has 1 aliphatic rings. The van der Waals surface area contributed by atoms with E-state index in [4.69, 9.17) is 23.7 Å². The van der Waals surface area contributed by atoms with Crippen LogP contribution in [0.1, 0.15) is 201 Å².